The first kappa shape index (κ1) is 24.1. The van der Waals surface area contributed by atoms with Crippen molar-refractivity contribution in [3.05, 3.63) is 0 Å². The van der Waals surface area contributed by atoms with Crippen LogP contribution in [0, 0.1) is 46.3 Å². The predicted molar refractivity (Wildman–Crippen MR) is 127 cm³/mol. The molecule has 180 valence electrons. The topological polar surface area (TPSA) is 63.2 Å². The first-order chi connectivity index (χ1) is 15.0. The van der Waals surface area contributed by atoms with Crippen LogP contribution >= 0.6 is 0 Å². The number of carbonyl (C=O) groups excluding carboxylic acids is 3. The van der Waals surface area contributed by atoms with Crippen molar-refractivity contribution in [2.75, 3.05) is 0 Å². The van der Waals surface area contributed by atoms with Crippen molar-refractivity contribution < 1.29 is 14.4 Å². The lowest BCUT2D eigenvalue weighted by atomic mass is 9.43. The fraction of sp³-hybridized carbons (Fsp3) is 0.893. The van der Waals surface area contributed by atoms with Crippen LogP contribution in [0.15, 0.2) is 0 Å². The van der Waals surface area contributed by atoms with Gasteiger partial charge in [0, 0.05) is 42.7 Å². The van der Waals surface area contributed by atoms with Crippen molar-refractivity contribution in [1.29, 1.82) is 0 Å². The number of nitrogens with one attached hydrogen (secondary N) is 1. The number of rotatable bonds is 6. The standard InChI is InChI=1S/C28H45NO3/c1-16(2)29-20-11-12-27(5)19(13-20)14-24(31)26-22-10-9-21(17(3)7-8-18(4)30)28(22,6)25(32)15-23(26)27/h16-17,19-23,26,29H,7-15H2,1-6H3/t17-,19+,20?,21-,22+,23+,26+,27+,28-/m1/s1. The molecule has 0 aliphatic heterocycles. The van der Waals surface area contributed by atoms with Crippen LogP contribution in [0.5, 0.6) is 0 Å². The predicted octanol–water partition coefficient (Wildman–Crippen LogP) is 5.38. The summed E-state index contributed by atoms with van der Waals surface area (Å²) in [6.45, 7) is 12.9. The van der Waals surface area contributed by atoms with E-state index >= 15 is 0 Å². The van der Waals surface area contributed by atoms with Crippen molar-refractivity contribution in [3.63, 3.8) is 0 Å². The molecule has 1 N–H and O–H groups in total. The maximum Gasteiger partial charge on any atom is 0.139 e. The summed E-state index contributed by atoms with van der Waals surface area (Å²) < 4.78 is 0. The normalized spacial score (nSPS) is 44.7. The molecule has 4 nitrogen and oxygen atoms in total. The molecule has 4 saturated carbocycles. The zero-order valence-electron chi connectivity index (χ0n) is 21.2. The van der Waals surface area contributed by atoms with Gasteiger partial charge in [0.15, 0.2) is 0 Å². The number of carbonyl (C=O) groups is 3. The monoisotopic (exact) mass is 443 g/mol. The van der Waals surface area contributed by atoms with E-state index in [0.29, 0.717) is 60.7 Å². The maximum atomic E-state index is 13.8. The second-order valence-corrected chi connectivity index (χ2v) is 12.7. The van der Waals surface area contributed by atoms with E-state index in [-0.39, 0.29) is 34.4 Å². The lowest BCUT2D eigenvalue weighted by molar-refractivity contribution is -0.166. The van der Waals surface area contributed by atoms with Crippen LogP contribution in [0.4, 0.5) is 0 Å². The summed E-state index contributed by atoms with van der Waals surface area (Å²) in [7, 11) is 0. The van der Waals surface area contributed by atoms with Crippen molar-refractivity contribution in [2.24, 2.45) is 46.3 Å². The molecule has 0 amide bonds. The molecule has 32 heavy (non-hydrogen) atoms. The molecule has 1 unspecified atom stereocenters. The molecule has 0 spiro atoms. The van der Waals surface area contributed by atoms with E-state index in [1.807, 2.05) is 0 Å². The van der Waals surface area contributed by atoms with Gasteiger partial charge in [-0.3, -0.25) is 9.59 Å². The first-order valence-corrected chi connectivity index (χ1v) is 13.3. The highest BCUT2D eigenvalue weighted by Crippen LogP contribution is 2.66. The van der Waals surface area contributed by atoms with Crippen molar-refractivity contribution in [3.8, 4) is 0 Å². The zero-order chi connectivity index (χ0) is 23.4. The molecule has 0 radical (unpaired) electrons. The lowest BCUT2D eigenvalue weighted by Gasteiger charge is -2.60. The summed E-state index contributed by atoms with van der Waals surface area (Å²) in [4.78, 5) is 39.1. The smallest absolute Gasteiger partial charge is 0.139 e. The molecule has 4 rings (SSSR count). The van der Waals surface area contributed by atoms with Crippen molar-refractivity contribution >= 4 is 17.3 Å². The Hall–Kier alpha value is -1.03. The molecule has 0 aromatic heterocycles. The van der Waals surface area contributed by atoms with Gasteiger partial charge in [-0.25, -0.2) is 0 Å². The van der Waals surface area contributed by atoms with E-state index < -0.39 is 0 Å². The van der Waals surface area contributed by atoms with Crippen LogP contribution in [0.2, 0.25) is 0 Å². The van der Waals surface area contributed by atoms with Gasteiger partial charge < -0.3 is 10.1 Å². The average molecular weight is 444 g/mol. The molecular weight excluding hydrogens is 398 g/mol. The molecule has 0 aromatic rings. The fourth-order valence-corrected chi connectivity index (χ4v) is 8.85. The van der Waals surface area contributed by atoms with Gasteiger partial charge in [0.05, 0.1) is 0 Å². The molecule has 0 aromatic carbocycles. The number of ketones is 3. The minimum atomic E-state index is -0.382. The quantitative estimate of drug-likeness (QED) is 0.599. The third kappa shape index (κ3) is 3.83. The third-order valence-corrected chi connectivity index (χ3v) is 10.6. The van der Waals surface area contributed by atoms with Crippen LogP contribution in [0.3, 0.4) is 0 Å². The molecule has 0 saturated heterocycles. The summed E-state index contributed by atoms with van der Waals surface area (Å²) >= 11 is 0. The summed E-state index contributed by atoms with van der Waals surface area (Å²) in [6, 6.07) is 0.966. The molecule has 0 heterocycles. The van der Waals surface area contributed by atoms with Crippen molar-refractivity contribution in [2.45, 2.75) is 111 Å². The Morgan fingerprint density at radius 2 is 1.78 bits per heavy atom. The Morgan fingerprint density at radius 1 is 1.06 bits per heavy atom. The molecule has 9 atom stereocenters. The molecule has 4 fully saturated rings. The summed E-state index contributed by atoms with van der Waals surface area (Å²) in [5.74, 6) is 2.67. The van der Waals surface area contributed by atoms with Crippen LogP contribution < -0.4 is 5.32 Å². The van der Waals surface area contributed by atoms with E-state index in [2.05, 4.69) is 39.9 Å². The Morgan fingerprint density at radius 3 is 2.44 bits per heavy atom. The second kappa shape index (κ2) is 8.64. The van der Waals surface area contributed by atoms with Gasteiger partial charge in [0.2, 0.25) is 0 Å². The number of hydrogen-bond donors (Lipinski definition) is 1. The van der Waals surface area contributed by atoms with E-state index in [1.165, 1.54) is 0 Å². The minimum Gasteiger partial charge on any atom is -0.312 e. The fourth-order valence-electron chi connectivity index (χ4n) is 8.85. The molecule has 4 aliphatic carbocycles. The second-order valence-electron chi connectivity index (χ2n) is 12.7. The molecular formula is C28H45NO3. The number of hydrogen-bond acceptors (Lipinski definition) is 4. The first-order valence-electron chi connectivity index (χ1n) is 13.3. The molecule has 0 bridgehead atoms. The third-order valence-electron chi connectivity index (χ3n) is 10.6. The van der Waals surface area contributed by atoms with E-state index in [0.717, 1.165) is 38.5 Å². The molecule has 4 heteroatoms. The Kier molecular flexibility index (Phi) is 6.51. The highest BCUT2D eigenvalue weighted by atomic mass is 16.1. The Labute approximate surface area is 195 Å². The van der Waals surface area contributed by atoms with Gasteiger partial charge in [-0.1, -0.05) is 34.6 Å². The largest absolute Gasteiger partial charge is 0.312 e. The highest BCUT2D eigenvalue weighted by Gasteiger charge is 2.66. The number of Topliss-reactive ketones (excluding diaryl/α,β-unsaturated/α-hetero) is 3. The summed E-state index contributed by atoms with van der Waals surface area (Å²) in [6.07, 6.45) is 8.16. The maximum absolute atomic E-state index is 13.8. The van der Waals surface area contributed by atoms with Crippen LogP contribution in [0.1, 0.15) is 99.3 Å². The van der Waals surface area contributed by atoms with E-state index in [1.54, 1.807) is 6.92 Å². The minimum absolute atomic E-state index is 0.0681. The van der Waals surface area contributed by atoms with Crippen LogP contribution in [-0.4, -0.2) is 29.4 Å². The van der Waals surface area contributed by atoms with Gasteiger partial charge in [-0.2, -0.15) is 0 Å². The van der Waals surface area contributed by atoms with Crippen LogP contribution in [-0.2, 0) is 14.4 Å². The summed E-state index contributed by atoms with van der Waals surface area (Å²) in [5, 5.41) is 3.71. The van der Waals surface area contributed by atoms with Gasteiger partial charge >= 0.3 is 0 Å². The summed E-state index contributed by atoms with van der Waals surface area (Å²) in [5.41, 5.74) is -0.268. The number of fused-ring (bicyclic) bond motifs is 5. The molecule has 4 aliphatic rings. The zero-order valence-corrected chi connectivity index (χ0v) is 21.2. The van der Waals surface area contributed by atoms with E-state index in [4.69, 9.17) is 0 Å². The van der Waals surface area contributed by atoms with E-state index in [9.17, 15) is 14.4 Å². The van der Waals surface area contributed by atoms with Crippen LogP contribution in [0.25, 0.3) is 0 Å². The Bertz CT molecular complexity index is 775. The van der Waals surface area contributed by atoms with Gasteiger partial charge in [-0.15, -0.1) is 0 Å². The highest BCUT2D eigenvalue weighted by molar-refractivity contribution is 5.92. The Balaban J connectivity index is 1.57. The van der Waals surface area contributed by atoms with Gasteiger partial charge in [-0.05, 0) is 80.5 Å². The lowest BCUT2D eigenvalue weighted by Crippen LogP contribution is -2.61. The SMILES string of the molecule is CC(=O)CC[C@@H](C)[C@H]1CC[C@H]2[C@@H]3C(=O)C[C@@H]4CC(NC(C)C)CC[C@]4(C)[C@H]3CC(=O)[C@]12C. The average Bonchev–Trinajstić information content (AvgIpc) is 3.06. The van der Waals surface area contributed by atoms with Gasteiger partial charge in [0.1, 0.15) is 17.3 Å². The van der Waals surface area contributed by atoms with Gasteiger partial charge in [0.25, 0.3) is 0 Å². The van der Waals surface area contributed by atoms with Crippen molar-refractivity contribution in [1.82, 2.24) is 5.32 Å².